The molecule has 0 aromatic carbocycles. The van der Waals surface area contributed by atoms with Crippen molar-refractivity contribution in [3.8, 4) is 0 Å². The van der Waals surface area contributed by atoms with Crippen molar-refractivity contribution < 1.29 is 9.59 Å². The summed E-state index contributed by atoms with van der Waals surface area (Å²) in [5.74, 6) is -0.818. The number of hydrogen-bond donors (Lipinski definition) is 1. The highest BCUT2D eigenvalue weighted by atomic mass is 16.2. The van der Waals surface area contributed by atoms with E-state index in [1.807, 2.05) is 13.8 Å². The Bertz CT molecular complexity index is 241. The highest BCUT2D eigenvalue weighted by Crippen LogP contribution is 2.16. The zero-order valence-corrected chi connectivity index (χ0v) is 9.58. The van der Waals surface area contributed by atoms with Crippen LogP contribution < -0.4 is 5.32 Å². The summed E-state index contributed by atoms with van der Waals surface area (Å²) in [5.41, 5.74) is 0. The summed E-state index contributed by atoms with van der Waals surface area (Å²) in [4.78, 5) is 24.9. The van der Waals surface area contributed by atoms with Crippen molar-refractivity contribution in [3.05, 3.63) is 0 Å². The lowest BCUT2D eigenvalue weighted by atomic mass is 10.0. The van der Waals surface area contributed by atoms with E-state index in [-0.39, 0.29) is 11.9 Å². The van der Waals surface area contributed by atoms with Crippen LogP contribution in [0, 0.1) is 0 Å². The summed E-state index contributed by atoms with van der Waals surface area (Å²) in [6, 6.07) is 0.207. The molecule has 86 valence electrons. The van der Waals surface area contributed by atoms with E-state index in [4.69, 9.17) is 0 Å². The quantitative estimate of drug-likeness (QED) is 0.692. The Balaban J connectivity index is 2.47. The molecular weight excluding hydrogens is 192 g/mol. The average Bonchev–Trinajstić information content (AvgIpc) is 2.25. The number of rotatable bonds is 2. The maximum atomic E-state index is 11.7. The van der Waals surface area contributed by atoms with E-state index in [0.29, 0.717) is 6.54 Å². The van der Waals surface area contributed by atoms with Crippen molar-refractivity contribution in [2.45, 2.75) is 45.6 Å². The minimum atomic E-state index is -0.453. The van der Waals surface area contributed by atoms with E-state index in [1.165, 1.54) is 0 Å². The first-order valence-corrected chi connectivity index (χ1v) is 5.75. The van der Waals surface area contributed by atoms with Crippen molar-refractivity contribution in [1.29, 1.82) is 0 Å². The van der Waals surface area contributed by atoms with Crippen molar-refractivity contribution in [2.75, 3.05) is 13.1 Å². The number of nitrogens with one attached hydrogen (secondary N) is 1. The zero-order chi connectivity index (χ0) is 11.3. The van der Waals surface area contributed by atoms with E-state index in [1.54, 1.807) is 4.90 Å². The molecule has 0 aromatic rings. The molecule has 2 amide bonds. The van der Waals surface area contributed by atoms with E-state index in [9.17, 15) is 9.59 Å². The number of likely N-dealkylation sites (tertiary alicyclic amines) is 1. The van der Waals surface area contributed by atoms with E-state index in [0.717, 1.165) is 32.2 Å². The van der Waals surface area contributed by atoms with Gasteiger partial charge in [-0.05, 0) is 32.6 Å². The number of nitrogens with zero attached hydrogens (tertiary/aromatic N) is 1. The van der Waals surface area contributed by atoms with Crippen LogP contribution in [0.4, 0.5) is 0 Å². The highest BCUT2D eigenvalue weighted by Gasteiger charge is 2.27. The molecule has 1 unspecified atom stereocenters. The van der Waals surface area contributed by atoms with Gasteiger partial charge < -0.3 is 10.2 Å². The first-order valence-electron chi connectivity index (χ1n) is 5.75. The minimum absolute atomic E-state index is 0.207. The average molecular weight is 212 g/mol. The monoisotopic (exact) mass is 212 g/mol. The lowest BCUT2D eigenvalue weighted by Gasteiger charge is -2.32. The molecule has 1 N–H and O–H groups in total. The molecule has 0 radical (unpaired) electrons. The first-order chi connectivity index (χ1) is 7.16. The SMILES string of the molecule is CCCNC(=O)C(=O)N1CCCCC1C. The molecule has 0 spiro atoms. The van der Waals surface area contributed by atoms with Gasteiger partial charge in [0, 0.05) is 19.1 Å². The highest BCUT2D eigenvalue weighted by molar-refractivity contribution is 6.35. The number of carbonyl (C=O) groups excluding carboxylic acids is 2. The summed E-state index contributed by atoms with van der Waals surface area (Å²) in [6.07, 6.45) is 4.03. The Hall–Kier alpha value is -1.06. The Labute approximate surface area is 91.0 Å². The fraction of sp³-hybridized carbons (Fsp3) is 0.818. The fourth-order valence-corrected chi connectivity index (χ4v) is 1.84. The second kappa shape index (κ2) is 5.73. The second-order valence-electron chi connectivity index (χ2n) is 4.10. The third-order valence-electron chi connectivity index (χ3n) is 2.79. The molecule has 1 aliphatic heterocycles. The van der Waals surface area contributed by atoms with Crippen molar-refractivity contribution >= 4 is 11.8 Å². The van der Waals surface area contributed by atoms with Gasteiger partial charge in [-0.25, -0.2) is 0 Å². The van der Waals surface area contributed by atoms with Gasteiger partial charge in [0.05, 0.1) is 0 Å². The van der Waals surface area contributed by atoms with Crippen LogP contribution in [0.25, 0.3) is 0 Å². The molecule has 15 heavy (non-hydrogen) atoms. The molecule has 1 rings (SSSR count). The third kappa shape index (κ3) is 3.22. The topological polar surface area (TPSA) is 49.4 Å². The zero-order valence-electron chi connectivity index (χ0n) is 9.58. The predicted molar refractivity (Wildman–Crippen MR) is 58.3 cm³/mol. The van der Waals surface area contributed by atoms with Gasteiger partial charge in [0.25, 0.3) is 0 Å². The van der Waals surface area contributed by atoms with E-state index >= 15 is 0 Å². The molecule has 1 aliphatic rings. The van der Waals surface area contributed by atoms with Crippen molar-refractivity contribution in [2.24, 2.45) is 0 Å². The summed E-state index contributed by atoms with van der Waals surface area (Å²) in [6.45, 7) is 5.27. The Morgan fingerprint density at radius 1 is 1.40 bits per heavy atom. The number of amides is 2. The van der Waals surface area contributed by atoms with Crippen LogP contribution in [0.5, 0.6) is 0 Å². The summed E-state index contributed by atoms with van der Waals surface area (Å²) in [5, 5.41) is 2.62. The number of carbonyl (C=O) groups is 2. The summed E-state index contributed by atoms with van der Waals surface area (Å²) in [7, 11) is 0. The maximum Gasteiger partial charge on any atom is 0.312 e. The molecule has 4 nitrogen and oxygen atoms in total. The predicted octanol–water partition coefficient (Wildman–Crippen LogP) is 0.914. The van der Waals surface area contributed by atoms with Crippen molar-refractivity contribution in [1.82, 2.24) is 10.2 Å². The standard InChI is InChI=1S/C11H20N2O2/c1-3-7-12-10(14)11(15)13-8-5-4-6-9(13)2/h9H,3-8H2,1-2H3,(H,12,14). The molecule has 1 saturated heterocycles. The van der Waals surface area contributed by atoms with Crippen LogP contribution in [0.1, 0.15) is 39.5 Å². The van der Waals surface area contributed by atoms with Gasteiger partial charge in [-0.1, -0.05) is 6.92 Å². The van der Waals surface area contributed by atoms with Gasteiger partial charge in [-0.2, -0.15) is 0 Å². The molecule has 0 saturated carbocycles. The lowest BCUT2D eigenvalue weighted by molar-refractivity contribution is -0.148. The Morgan fingerprint density at radius 2 is 2.13 bits per heavy atom. The van der Waals surface area contributed by atoms with Crippen LogP contribution in [0.15, 0.2) is 0 Å². The van der Waals surface area contributed by atoms with Crippen LogP contribution in [-0.4, -0.2) is 35.8 Å². The molecule has 1 fully saturated rings. The minimum Gasteiger partial charge on any atom is -0.348 e. The van der Waals surface area contributed by atoms with Crippen LogP contribution in [0.3, 0.4) is 0 Å². The molecular formula is C11H20N2O2. The van der Waals surface area contributed by atoms with E-state index in [2.05, 4.69) is 5.32 Å². The Morgan fingerprint density at radius 3 is 2.73 bits per heavy atom. The summed E-state index contributed by atoms with van der Waals surface area (Å²) < 4.78 is 0. The van der Waals surface area contributed by atoms with Gasteiger partial charge in [-0.3, -0.25) is 9.59 Å². The maximum absolute atomic E-state index is 11.7. The third-order valence-corrected chi connectivity index (χ3v) is 2.79. The van der Waals surface area contributed by atoms with Crippen molar-refractivity contribution in [3.63, 3.8) is 0 Å². The summed E-state index contributed by atoms with van der Waals surface area (Å²) >= 11 is 0. The second-order valence-corrected chi connectivity index (χ2v) is 4.10. The number of hydrogen-bond acceptors (Lipinski definition) is 2. The lowest BCUT2D eigenvalue weighted by Crippen LogP contribution is -2.49. The molecule has 0 aromatic heterocycles. The molecule has 0 bridgehead atoms. The number of piperidine rings is 1. The fourth-order valence-electron chi connectivity index (χ4n) is 1.84. The Kier molecular flexibility index (Phi) is 4.59. The van der Waals surface area contributed by atoms with Gasteiger partial charge in [0.15, 0.2) is 0 Å². The molecule has 4 heteroatoms. The van der Waals surface area contributed by atoms with Crippen LogP contribution in [0.2, 0.25) is 0 Å². The first kappa shape index (κ1) is 12.0. The van der Waals surface area contributed by atoms with Crippen LogP contribution in [-0.2, 0) is 9.59 Å². The molecule has 0 aliphatic carbocycles. The molecule has 1 heterocycles. The van der Waals surface area contributed by atoms with Crippen LogP contribution >= 0.6 is 0 Å². The van der Waals surface area contributed by atoms with E-state index < -0.39 is 5.91 Å². The van der Waals surface area contributed by atoms with Gasteiger partial charge in [-0.15, -0.1) is 0 Å². The smallest absolute Gasteiger partial charge is 0.312 e. The largest absolute Gasteiger partial charge is 0.348 e. The van der Waals surface area contributed by atoms with Gasteiger partial charge in [0.2, 0.25) is 0 Å². The van der Waals surface area contributed by atoms with Gasteiger partial charge >= 0.3 is 11.8 Å². The molecule has 1 atom stereocenters. The normalized spacial score (nSPS) is 21.2. The van der Waals surface area contributed by atoms with Gasteiger partial charge in [0.1, 0.15) is 0 Å².